The van der Waals surface area contributed by atoms with E-state index in [0.29, 0.717) is 6.54 Å². The molecule has 1 aromatic rings. The second-order valence-electron chi connectivity index (χ2n) is 5.00. The number of aliphatic carboxylic acids is 1. The van der Waals surface area contributed by atoms with Gasteiger partial charge in [0.15, 0.2) is 0 Å². The predicted octanol–water partition coefficient (Wildman–Crippen LogP) is 1.42. The van der Waals surface area contributed by atoms with Crippen molar-refractivity contribution in [3.8, 4) is 0 Å². The van der Waals surface area contributed by atoms with Crippen LogP contribution in [0.15, 0.2) is 24.5 Å². The van der Waals surface area contributed by atoms with Gasteiger partial charge in [-0.2, -0.15) is 0 Å². The van der Waals surface area contributed by atoms with E-state index >= 15 is 0 Å². The van der Waals surface area contributed by atoms with E-state index in [0.717, 1.165) is 25.9 Å². The summed E-state index contributed by atoms with van der Waals surface area (Å²) in [6.07, 6.45) is 5.31. The average molecular weight is 234 g/mol. The van der Waals surface area contributed by atoms with Crippen LogP contribution >= 0.6 is 0 Å². The molecular weight excluding hydrogens is 216 g/mol. The molecule has 4 nitrogen and oxygen atoms in total. The van der Waals surface area contributed by atoms with Crippen LogP contribution in [-0.4, -0.2) is 40.6 Å². The minimum Gasteiger partial charge on any atom is -0.481 e. The van der Waals surface area contributed by atoms with Crippen molar-refractivity contribution in [2.75, 3.05) is 19.6 Å². The molecule has 1 unspecified atom stereocenters. The van der Waals surface area contributed by atoms with E-state index in [1.165, 1.54) is 5.56 Å². The van der Waals surface area contributed by atoms with E-state index in [4.69, 9.17) is 5.11 Å². The van der Waals surface area contributed by atoms with Crippen LogP contribution in [0.3, 0.4) is 0 Å². The first-order chi connectivity index (χ1) is 8.10. The molecule has 1 aliphatic rings. The summed E-state index contributed by atoms with van der Waals surface area (Å²) in [5, 5.41) is 9.14. The number of likely N-dealkylation sites (tertiary alicyclic amines) is 1. The van der Waals surface area contributed by atoms with Crippen LogP contribution < -0.4 is 0 Å². The van der Waals surface area contributed by atoms with Crippen molar-refractivity contribution in [2.24, 2.45) is 5.41 Å². The first kappa shape index (κ1) is 12.0. The van der Waals surface area contributed by atoms with Crippen molar-refractivity contribution in [3.63, 3.8) is 0 Å². The van der Waals surface area contributed by atoms with Crippen LogP contribution in [0.5, 0.6) is 0 Å². The van der Waals surface area contributed by atoms with Crippen LogP contribution in [0.4, 0.5) is 0 Å². The van der Waals surface area contributed by atoms with Gasteiger partial charge >= 0.3 is 5.97 Å². The quantitative estimate of drug-likeness (QED) is 0.856. The largest absolute Gasteiger partial charge is 0.481 e. The third kappa shape index (κ3) is 2.82. The predicted molar refractivity (Wildman–Crippen MR) is 64.7 cm³/mol. The van der Waals surface area contributed by atoms with Crippen molar-refractivity contribution in [3.05, 3.63) is 30.1 Å². The van der Waals surface area contributed by atoms with Gasteiger partial charge in [0.1, 0.15) is 0 Å². The van der Waals surface area contributed by atoms with Crippen LogP contribution in [0, 0.1) is 5.41 Å². The van der Waals surface area contributed by atoms with E-state index in [1.54, 1.807) is 6.20 Å². The number of pyridine rings is 1. The summed E-state index contributed by atoms with van der Waals surface area (Å²) in [6, 6.07) is 3.99. The summed E-state index contributed by atoms with van der Waals surface area (Å²) < 4.78 is 0. The maximum atomic E-state index is 11.1. The summed E-state index contributed by atoms with van der Waals surface area (Å²) in [4.78, 5) is 17.4. The molecule has 0 spiro atoms. The summed E-state index contributed by atoms with van der Waals surface area (Å²) >= 11 is 0. The molecule has 1 aromatic heterocycles. The number of carboxylic acid groups (broad SMARTS) is 1. The smallest absolute Gasteiger partial charge is 0.310 e. The van der Waals surface area contributed by atoms with Gasteiger partial charge in [-0.3, -0.25) is 9.78 Å². The third-order valence-corrected chi connectivity index (χ3v) is 3.51. The van der Waals surface area contributed by atoms with Crippen LogP contribution in [0.2, 0.25) is 0 Å². The fraction of sp³-hybridized carbons (Fsp3) is 0.538. The Morgan fingerprint density at radius 1 is 1.65 bits per heavy atom. The monoisotopic (exact) mass is 234 g/mol. The first-order valence-electron chi connectivity index (χ1n) is 5.95. The molecule has 0 saturated carbocycles. The van der Waals surface area contributed by atoms with E-state index < -0.39 is 11.4 Å². The zero-order valence-corrected chi connectivity index (χ0v) is 10.1. The summed E-state index contributed by atoms with van der Waals surface area (Å²) in [5.74, 6) is -0.679. The van der Waals surface area contributed by atoms with E-state index in [-0.39, 0.29) is 0 Å². The molecule has 1 fully saturated rings. The normalized spacial score (nSPS) is 25.0. The minimum absolute atomic E-state index is 0.561. The van der Waals surface area contributed by atoms with E-state index in [9.17, 15) is 4.79 Å². The van der Waals surface area contributed by atoms with Gasteiger partial charge in [-0.25, -0.2) is 0 Å². The van der Waals surface area contributed by atoms with Gasteiger partial charge in [0.25, 0.3) is 0 Å². The molecule has 1 N–H and O–H groups in total. The second kappa shape index (κ2) is 4.84. The lowest BCUT2D eigenvalue weighted by Gasteiger charge is -2.19. The highest BCUT2D eigenvalue weighted by Crippen LogP contribution is 2.29. The Balaban J connectivity index is 1.85. The fourth-order valence-electron chi connectivity index (χ4n) is 2.26. The second-order valence-corrected chi connectivity index (χ2v) is 5.00. The van der Waals surface area contributed by atoms with Gasteiger partial charge in [-0.15, -0.1) is 0 Å². The highest BCUT2D eigenvalue weighted by atomic mass is 16.4. The Morgan fingerprint density at radius 3 is 3.06 bits per heavy atom. The first-order valence-corrected chi connectivity index (χ1v) is 5.95. The van der Waals surface area contributed by atoms with Gasteiger partial charge < -0.3 is 10.0 Å². The van der Waals surface area contributed by atoms with Crippen molar-refractivity contribution < 1.29 is 9.90 Å². The van der Waals surface area contributed by atoms with Crippen LogP contribution in [0.1, 0.15) is 18.9 Å². The highest BCUT2D eigenvalue weighted by molar-refractivity contribution is 5.74. The lowest BCUT2D eigenvalue weighted by atomic mass is 9.90. The molecule has 1 saturated heterocycles. The Morgan fingerprint density at radius 2 is 2.47 bits per heavy atom. The Labute approximate surface area is 101 Å². The topological polar surface area (TPSA) is 53.4 Å². The molecule has 0 amide bonds. The molecule has 17 heavy (non-hydrogen) atoms. The zero-order chi connectivity index (χ0) is 12.3. The maximum absolute atomic E-state index is 11.1. The Kier molecular flexibility index (Phi) is 3.43. The molecular formula is C13H18N2O2. The molecule has 1 atom stereocenters. The van der Waals surface area contributed by atoms with Crippen molar-refractivity contribution in [2.45, 2.75) is 19.8 Å². The van der Waals surface area contributed by atoms with Gasteiger partial charge in [-0.05, 0) is 37.9 Å². The Bertz CT molecular complexity index is 394. The van der Waals surface area contributed by atoms with Gasteiger partial charge in [-0.1, -0.05) is 6.07 Å². The number of rotatable bonds is 4. The molecule has 4 heteroatoms. The molecule has 0 bridgehead atoms. The number of hydrogen-bond donors (Lipinski definition) is 1. The SMILES string of the molecule is CC1(C(=O)O)CCN(CCc2cccnc2)C1. The number of hydrogen-bond acceptors (Lipinski definition) is 3. The van der Waals surface area contributed by atoms with E-state index in [1.807, 2.05) is 19.2 Å². The number of carboxylic acids is 1. The average Bonchev–Trinajstić information content (AvgIpc) is 2.72. The summed E-state index contributed by atoms with van der Waals surface area (Å²) in [6.45, 7) is 4.28. The Hall–Kier alpha value is -1.42. The molecule has 0 radical (unpaired) electrons. The molecule has 0 aliphatic carbocycles. The highest BCUT2D eigenvalue weighted by Gasteiger charge is 2.39. The van der Waals surface area contributed by atoms with E-state index in [2.05, 4.69) is 16.0 Å². The van der Waals surface area contributed by atoms with Crippen molar-refractivity contribution >= 4 is 5.97 Å². The summed E-state index contributed by atoms with van der Waals surface area (Å²) in [5.41, 5.74) is 0.644. The number of aromatic nitrogens is 1. The maximum Gasteiger partial charge on any atom is 0.310 e. The van der Waals surface area contributed by atoms with Crippen molar-refractivity contribution in [1.29, 1.82) is 0 Å². The van der Waals surface area contributed by atoms with Gasteiger partial charge in [0, 0.05) is 25.5 Å². The lowest BCUT2D eigenvalue weighted by Crippen LogP contribution is -2.32. The molecule has 92 valence electrons. The van der Waals surface area contributed by atoms with Gasteiger partial charge in [0.05, 0.1) is 5.41 Å². The van der Waals surface area contributed by atoms with Crippen LogP contribution in [0.25, 0.3) is 0 Å². The standard InChI is InChI=1S/C13H18N2O2/c1-13(12(16)17)5-8-15(10-13)7-4-11-3-2-6-14-9-11/h2-3,6,9H,4-5,7-8,10H2,1H3,(H,16,17). The number of carbonyl (C=O) groups is 1. The third-order valence-electron chi connectivity index (χ3n) is 3.51. The van der Waals surface area contributed by atoms with Crippen molar-refractivity contribution in [1.82, 2.24) is 9.88 Å². The van der Waals surface area contributed by atoms with Gasteiger partial charge in [0.2, 0.25) is 0 Å². The summed E-state index contributed by atoms with van der Waals surface area (Å²) in [7, 11) is 0. The molecule has 1 aliphatic heterocycles. The van der Waals surface area contributed by atoms with Crippen LogP contribution in [-0.2, 0) is 11.2 Å². The fourth-order valence-corrected chi connectivity index (χ4v) is 2.26. The minimum atomic E-state index is -0.679. The number of nitrogens with zero attached hydrogens (tertiary/aromatic N) is 2. The molecule has 2 rings (SSSR count). The molecule has 2 heterocycles. The zero-order valence-electron chi connectivity index (χ0n) is 10.1. The molecule has 0 aromatic carbocycles. The lowest BCUT2D eigenvalue weighted by molar-refractivity contribution is -0.147.